The van der Waals surface area contributed by atoms with Gasteiger partial charge in [-0.25, -0.2) is 0 Å². The zero-order chi connectivity index (χ0) is 15.2. The number of aromatic nitrogens is 1. The lowest BCUT2D eigenvalue weighted by Gasteiger charge is -2.11. The number of nitro groups is 1. The van der Waals surface area contributed by atoms with E-state index in [1.165, 1.54) is 12.1 Å². The summed E-state index contributed by atoms with van der Waals surface area (Å²) in [6.07, 6.45) is 2.52. The summed E-state index contributed by atoms with van der Waals surface area (Å²) in [4.78, 5) is 14.7. The summed E-state index contributed by atoms with van der Waals surface area (Å²) < 4.78 is 5.58. The Morgan fingerprint density at radius 3 is 2.86 bits per heavy atom. The van der Waals surface area contributed by atoms with Crippen molar-refractivity contribution in [2.75, 3.05) is 6.61 Å². The van der Waals surface area contributed by atoms with E-state index >= 15 is 0 Å². The van der Waals surface area contributed by atoms with Gasteiger partial charge in [-0.15, -0.1) is 0 Å². The highest BCUT2D eigenvalue weighted by Crippen LogP contribution is 2.26. The molecule has 0 spiro atoms. The molecule has 0 radical (unpaired) electrons. The first-order valence-corrected chi connectivity index (χ1v) is 6.72. The van der Waals surface area contributed by atoms with E-state index < -0.39 is 4.92 Å². The van der Waals surface area contributed by atoms with Crippen molar-refractivity contribution in [3.05, 3.63) is 52.2 Å². The third-order valence-corrected chi connectivity index (χ3v) is 2.98. The highest BCUT2D eigenvalue weighted by Gasteiger charge is 2.10. The van der Waals surface area contributed by atoms with Crippen molar-refractivity contribution >= 4 is 5.69 Å². The average molecular weight is 287 g/mol. The van der Waals surface area contributed by atoms with Crippen LogP contribution in [0.2, 0.25) is 0 Å². The van der Waals surface area contributed by atoms with E-state index in [1.807, 2.05) is 13.0 Å². The number of rotatable bonds is 6. The van der Waals surface area contributed by atoms with E-state index in [0.717, 1.165) is 12.0 Å². The molecule has 0 atom stereocenters. The zero-order valence-corrected chi connectivity index (χ0v) is 11.8. The fourth-order valence-electron chi connectivity index (χ4n) is 1.92. The van der Waals surface area contributed by atoms with Crippen LogP contribution in [0.4, 0.5) is 5.69 Å². The molecule has 110 valence electrons. The summed E-state index contributed by atoms with van der Waals surface area (Å²) in [6, 6.07) is 8.17. The fourth-order valence-corrected chi connectivity index (χ4v) is 1.92. The quantitative estimate of drug-likeness (QED) is 0.651. The number of nitrogens with zero attached hydrogens (tertiary/aromatic N) is 2. The standard InChI is InChI=1S/C15H17N3O3/c1-2-6-21-15-10-17-14(8-12(15)9-16)11-4-3-5-13(7-11)18(19)20/h3-5,7-8,10H,2,6,9,16H2,1H3. The molecule has 0 bridgehead atoms. The van der Waals surface area contributed by atoms with Crippen molar-refractivity contribution in [2.24, 2.45) is 5.73 Å². The molecule has 0 amide bonds. The van der Waals surface area contributed by atoms with Gasteiger partial charge in [-0.2, -0.15) is 0 Å². The third kappa shape index (κ3) is 3.55. The largest absolute Gasteiger partial charge is 0.492 e. The summed E-state index contributed by atoms with van der Waals surface area (Å²) >= 11 is 0. The molecule has 0 fully saturated rings. The first-order valence-electron chi connectivity index (χ1n) is 6.72. The number of hydrogen-bond acceptors (Lipinski definition) is 5. The molecule has 2 N–H and O–H groups in total. The number of nitrogens with two attached hydrogens (primary N) is 1. The lowest BCUT2D eigenvalue weighted by atomic mass is 10.1. The van der Waals surface area contributed by atoms with Crippen molar-refractivity contribution in [2.45, 2.75) is 19.9 Å². The Morgan fingerprint density at radius 1 is 1.38 bits per heavy atom. The van der Waals surface area contributed by atoms with E-state index in [0.29, 0.717) is 30.2 Å². The highest BCUT2D eigenvalue weighted by molar-refractivity contribution is 5.64. The second-order valence-electron chi connectivity index (χ2n) is 4.54. The molecule has 1 heterocycles. The lowest BCUT2D eigenvalue weighted by Crippen LogP contribution is -2.04. The molecule has 21 heavy (non-hydrogen) atoms. The van der Waals surface area contributed by atoms with Crippen LogP contribution < -0.4 is 10.5 Å². The number of nitro benzene ring substituents is 1. The minimum absolute atomic E-state index is 0.0370. The molecule has 6 nitrogen and oxygen atoms in total. The predicted molar refractivity (Wildman–Crippen MR) is 80.0 cm³/mol. The van der Waals surface area contributed by atoms with Gasteiger partial charge in [0, 0.05) is 29.8 Å². The monoisotopic (exact) mass is 287 g/mol. The van der Waals surface area contributed by atoms with Gasteiger partial charge in [0.2, 0.25) is 0 Å². The van der Waals surface area contributed by atoms with Gasteiger partial charge in [-0.1, -0.05) is 19.1 Å². The summed E-state index contributed by atoms with van der Waals surface area (Å²) in [6.45, 7) is 2.95. The molecule has 2 aromatic rings. The number of benzene rings is 1. The normalized spacial score (nSPS) is 10.4. The first-order chi connectivity index (χ1) is 10.2. The van der Waals surface area contributed by atoms with Gasteiger partial charge in [-0.05, 0) is 12.5 Å². The topological polar surface area (TPSA) is 91.3 Å². The summed E-state index contributed by atoms with van der Waals surface area (Å²) in [5.74, 6) is 0.661. The zero-order valence-electron chi connectivity index (χ0n) is 11.8. The lowest BCUT2D eigenvalue weighted by molar-refractivity contribution is -0.384. The van der Waals surface area contributed by atoms with Gasteiger partial charge >= 0.3 is 0 Å². The van der Waals surface area contributed by atoms with Crippen LogP contribution >= 0.6 is 0 Å². The van der Waals surface area contributed by atoms with Crippen molar-refractivity contribution in [1.29, 1.82) is 0 Å². The molecule has 0 saturated heterocycles. The van der Waals surface area contributed by atoms with Crippen LogP contribution in [0.25, 0.3) is 11.3 Å². The maximum Gasteiger partial charge on any atom is 0.270 e. The Kier molecular flexibility index (Phi) is 4.84. The molecular weight excluding hydrogens is 270 g/mol. The predicted octanol–water partition coefficient (Wildman–Crippen LogP) is 2.90. The van der Waals surface area contributed by atoms with E-state index in [4.69, 9.17) is 10.5 Å². The number of hydrogen-bond donors (Lipinski definition) is 1. The van der Waals surface area contributed by atoms with Gasteiger partial charge < -0.3 is 10.5 Å². The Morgan fingerprint density at radius 2 is 2.19 bits per heavy atom. The van der Waals surface area contributed by atoms with Crippen molar-refractivity contribution in [3.63, 3.8) is 0 Å². The molecule has 0 aliphatic rings. The van der Waals surface area contributed by atoms with Crippen LogP contribution in [0.5, 0.6) is 5.75 Å². The van der Waals surface area contributed by atoms with Crippen molar-refractivity contribution < 1.29 is 9.66 Å². The molecule has 6 heteroatoms. The summed E-state index contributed by atoms with van der Waals surface area (Å²) in [5, 5.41) is 10.8. The Bertz CT molecular complexity index is 644. The molecule has 1 aromatic carbocycles. The van der Waals surface area contributed by atoms with Crippen LogP contribution in [0.15, 0.2) is 36.5 Å². The van der Waals surface area contributed by atoms with Crippen LogP contribution in [0.1, 0.15) is 18.9 Å². The maximum absolute atomic E-state index is 10.8. The summed E-state index contributed by atoms with van der Waals surface area (Å²) in [5.41, 5.74) is 7.92. The van der Waals surface area contributed by atoms with Crippen LogP contribution in [-0.2, 0) is 6.54 Å². The van der Waals surface area contributed by atoms with E-state index in [1.54, 1.807) is 18.3 Å². The van der Waals surface area contributed by atoms with Gasteiger partial charge in [0.25, 0.3) is 5.69 Å². The van der Waals surface area contributed by atoms with Crippen LogP contribution in [0, 0.1) is 10.1 Å². The van der Waals surface area contributed by atoms with E-state index in [9.17, 15) is 10.1 Å². The van der Waals surface area contributed by atoms with Gasteiger partial charge in [0.05, 0.1) is 23.4 Å². The highest BCUT2D eigenvalue weighted by atomic mass is 16.6. The Labute approximate surface area is 122 Å². The molecule has 0 unspecified atom stereocenters. The molecule has 0 aliphatic carbocycles. The van der Waals surface area contributed by atoms with Gasteiger partial charge in [0.15, 0.2) is 0 Å². The molecule has 0 saturated carbocycles. The minimum Gasteiger partial charge on any atom is -0.492 e. The third-order valence-electron chi connectivity index (χ3n) is 2.98. The molecule has 0 aliphatic heterocycles. The van der Waals surface area contributed by atoms with E-state index in [-0.39, 0.29) is 5.69 Å². The Hall–Kier alpha value is -2.47. The maximum atomic E-state index is 10.8. The summed E-state index contributed by atoms with van der Waals surface area (Å²) in [7, 11) is 0. The molecule has 1 aromatic heterocycles. The number of non-ortho nitro benzene ring substituents is 1. The van der Waals surface area contributed by atoms with Gasteiger partial charge in [-0.3, -0.25) is 15.1 Å². The second-order valence-corrected chi connectivity index (χ2v) is 4.54. The Balaban J connectivity index is 2.36. The van der Waals surface area contributed by atoms with E-state index in [2.05, 4.69) is 4.98 Å². The SMILES string of the molecule is CCCOc1cnc(-c2cccc([N+](=O)[O-])c2)cc1CN. The minimum atomic E-state index is -0.425. The van der Waals surface area contributed by atoms with Crippen molar-refractivity contribution in [3.8, 4) is 17.0 Å². The van der Waals surface area contributed by atoms with Gasteiger partial charge in [0.1, 0.15) is 5.75 Å². The smallest absolute Gasteiger partial charge is 0.270 e. The van der Waals surface area contributed by atoms with Crippen LogP contribution in [-0.4, -0.2) is 16.5 Å². The fraction of sp³-hybridized carbons (Fsp3) is 0.267. The molecule has 2 rings (SSSR count). The van der Waals surface area contributed by atoms with Crippen LogP contribution in [0.3, 0.4) is 0 Å². The number of ether oxygens (including phenoxy) is 1. The molecular formula is C15H17N3O3. The second kappa shape index (κ2) is 6.81. The first kappa shape index (κ1) is 14.9. The number of pyridine rings is 1. The average Bonchev–Trinajstić information content (AvgIpc) is 2.52. The van der Waals surface area contributed by atoms with Crippen molar-refractivity contribution in [1.82, 2.24) is 4.98 Å².